The lowest BCUT2D eigenvalue weighted by Crippen LogP contribution is -2.48. The molecule has 1 N–H and O–H groups in total. The van der Waals surface area contributed by atoms with E-state index in [-0.39, 0.29) is 16.9 Å². The minimum Gasteiger partial charge on any atom is -0.477 e. The number of fused-ring (bicyclic) bond motifs is 1. The fourth-order valence-electron chi connectivity index (χ4n) is 3.59. The fraction of sp³-hybridized carbons (Fsp3) is 0.286. The first-order valence-electron chi connectivity index (χ1n) is 9.62. The molecule has 3 heterocycles. The Bertz CT molecular complexity index is 1170. The molecule has 3 aromatic rings. The van der Waals surface area contributed by atoms with E-state index in [9.17, 15) is 19.5 Å². The van der Waals surface area contributed by atoms with Crippen LogP contribution in [0.2, 0.25) is 0 Å². The van der Waals surface area contributed by atoms with Crippen LogP contribution in [-0.2, 0) is 11.3 Å². The molecular formula is C21H21N5O4. The quantitative estimate of drug-likeness (QED) is 0.692. The van der Waals surface area contributed by atoms with Crippen molar-refractivity contribution in [3.63, 3.8) is 0 Å². The van der Waals surface area contributed by atoms with Gasteiger partial charge in [0.15, 0.2) is 0 Å². The molecule has 4 rings (SSSR count). The Morgan fingerprint density at radius 2 is 1.80 bits per heavy atom. The zero-order chi connectivity index (χ0) is 21.3. The maximum Gasteiger partial charge on any atom is 0.341 e. The molecule has 1 fully saturated rings. The number of carboxylic acid groups (broad SMARTS) is 1. The van der Waals surface area contributed by atoms with Gasteiger partial charge in [-0.05, 0) is 5.56 Å². The van der Waals surface area contributed by atoms with Gasteiger partial charge in [0.2, 0.25) is 17.3 Å². The third-order valence-electron chi connectivity index (χ3n) is 5.24. The third-order valence-corrected chi connectivity index (χ3v) is 5.24. The SMILES string of the molecule is CC(=O)N1CCN(c2ncc3c(=O)c(C(=O)O)cn(Cc4ccccc4)c3n2)CC1. The minimum atomic E-state index is -1.28. The monoisotopic (exact) mass is 407 g/mol. The molecule has 9 heteroatoms. The molecule has 2 aromatic heterocycles. The van der Waals surface area contributed by atoms with Gasteiger partial charge in [-0.3, -0.25) is 9.59 Å². The van der Waals surface area contributed by atoms with Gasteiger partial charge in [0.25, 0.3) is 0 Å². The van der Waals surface area contributed by atoms with Gasteiger partial charge in [0.1, 0.15) is 11.2 Å². The zero-order valence-corrected chi connectivity index (χ0v) is 16.5. The second-order valence-corrected chi connectivity index (χ2v) is 7.19. The Kier molecular flexibility index (Phi) is 5.18. The van der Waals surface area contributed by atoms with Crippen molar-refractivity contribution < 1.29 is 14.7 Å². The Morgan fingerprint density at radius 3 is 2.43 bits per heavy atom. The van der Waals surface area contributed by atoms with Crippen LogP contribution in [0.1, 0.15) is 22.8 Å². The van der Waals surface area contributed by atoms with Gasteiger partial charge in [-0.1, -0.05) is 30.3 Å². The Balaban J connectivity index is 1.77. The van der Waals surface area contributed by atoms with Gasteiger partial charge < -0.3 is 19.5 Å². The number of benzene rings is 1. The second kappa shape index (κ2) is 7.94. The number of hydrogen-bond acceptors (Lipinski definition) is 6. The molecule has 0 unspecified atom stereocenters. The standard InChI is InChI=1S/C21H21N5O4/c1-14(27)24-7-9-25(10-8-24)21-22-11-16-18(28)17(20(29)30)13-26(19(16)23-21)12-15-5-3-2-4-6-15/h2-6,11,13H,7-10,12H2,1H3,(H,29,30). The van der Waals surface area contributed by atoms with E-state index in [1.165, 1.54) is 12.4 Å². The van der Waals surface area contributed by atoms with Crippen LogP contribution in [0.25, 0.3) is 11.0 Å². The number of carbonyl (C=O) groups excluding carboxylic acids is 1. The molecule has 0 atom stereocenters. The molecule has 0 radical (unpaired) electrons. The summed E-state index contributed by atoms with van der Waals surface area (Å²) in [5.74, 6) is -0.796. The Labute approximate surface area is 172 Å². The summed E-state index contributed by atoms with van der Waals surface area (Å²) in [7, 11) is 0. The van der Waals surface area contributed by atoms with Gasteiger partial charge >= 0.3 is 5.97 Å². The van der Waals surface area contributed by atoms with Gasteiger partial charge in [-0.25, -0.2) is 9.78 Å². The molecule has 0 aliphatic carbocycles. The van der Waals surface area contributed by atoms with Crippen LogP contribution in [0.3, 0.4) is 0 Å². The minimum absolute atomic E-state index is 0.0342. The first kappa shape index (κ1) is 19.6. The second-order valence-electron chi connectivity index (χ2n) is 7.19. The first-order chi connectivity index (χ1) is 14.4. The van der Waals surface area contributed by atoms with E-state index in [1.54, 1.807) is 16.4 Å². The third kappa shape index (κ3) is 3.73. The smallest absolute Gasteiger partial charge is 0.341 e. The predicted octanol–water partition coefficient (Wildman–Crippen LogP) is 1.21. The normalized spacial score (nSPS) is 14.2. The van der Waals surface area contributed by atoms with E-state index in [0.29, 0.717) is 44.3 Å². The maximum atomic E-state index is 12.6. The molecule has 30 heavy (non-hydrogen) atoms. The molecule has 0 saturated carbocycles. The van der Waals surface area contributed by atoms with E-state index >= 15 is 0 Å². The van der Waals surface area contributed by atoms with Crippen molar-refractivity contribution in [3.8, 4) is 0 Å². The lowest BCUT2D eigenvalue weighted by molar-refractivity contribution is -0.129. The van der Waals surface area contributed by atoms with Crippen LogP contribution in [0.5, 0.6) is 0 Å². The van der Waals surface area contributed by atoms with Crippen molar-refractivity contribution in [2.24, 2.45) is 0 Å². The highest BCUT2D eigenvalue weighted by Crippen LogP contribution is 2.17. The highest BCUT2D eigenvalue weighted by Gasteiger charge is 2.22. The van der Waals surface area contributed by atoms with E-state index in [0.717, 1.165) is 5.56 Å². The Hall–Kier alpha value is -3.75. The summed E-state index contributed by atoms with van der Waals surface area (Å²) in [4.78, 5) is 48.4. The van der Waals surface area contributed by atoms with Crippen molar-refractivity contribution in [1.82, 2.24) is 19.4 Å². The molecule has 0 bridgehead atoms. The predicted molar refractivity (Wildman–Crippen MR) is 111 cm³/mol. The highest BCUT2D eigenvalue weighted by atomic mass is 16.4. The van der Waals surface area contributed by atoms with Crippen LogP contribution in [0.15, 0.2) is 47.5 Å². The molecule has 154 valence electrons. The van der Waals surface area contributed by atoms with Crippen LogP contribution in [0.4, 0.5) is 5.95 Å². The number of aromatic nitrogens is 3. The zero-order valence-electron chi connectivity index (χ0n) is 16.5. The summed E-state index contributed by atoms with van der Waals surface area (Å²) in [5, 5.41) is 9.61. The molecule has 9 nitrogen and oxygen atoms in total. The van der Waals surface area contributed by atoms with Crippen molar-refractivity contribution in [2.45, 2.75) is 13.5 Å². The number of hydrogen-bond donors (Lipinski definition) is 1. The summed E-state index contributed by atoms with van der Waals surface area (Å²) in [6, 6.07) is 9.54. The van der Waals surface area contributed by atoms with Gasteiger partial charge in [0.05, 0.1) is 5.39 Å². The van der Waals surface area contributed by atoms with Crippen molar-refractivity contribution in [3.05, 3.63) is 64.1 Å². The number of anilines is 1. The number of rotatable bonds is 4. The lowest BCUT2D eigenvalue weighted by Gasteiger charge is -2.34. The number of piperazine rings is 1. The van der Waals surface area contributed by atoms with Crippen LogP contribution < -0.4 is 10.3 Å². The van der Waals surface area contributed by atoms with E-state index in [4.69, 9.17) is 0 Å². The molecule has 1 aromatic carbocycles. The number of amides is 1. The van der Waals surface area contributed by atoms with E-state index < -0.39 is 11.4 Å². The first-order valence-corrected chi connectivity index (χ1v) is 9.62. The average molecular weight is 407 g/mol. The fourth-order valence-corrected chi connectivity index (χ4v) is 3.59. The number of carboxylic acids is 1. The van der Waals surface area contributed by atoms with E-state index in [1.807, 2.05) is 35.2 Å². The molecule has 0 spiro atoms. The van der Waals surface area contributed by atoms with Gasteiger partial charge in [-0.2, -0.15) is 4.98 Å². The summed E-state index contributed by atoms with van der Waals surface area (Å²) in [6.07, 6.45) is 2.73. The number of pyridine rings is 1. The van der Waals surface area contributed by atoms with Crippen LogP contribution in [-0.4, -0.2) is 62.6 Å². The number of carbonyl (C=O) groups is 2. The lowest BCUT2D eigenvalue weighted by atomic mass is 10.2. The number of aromatic carboxylic acids is 1. The summed E-state index contributed by atoms with van der Waals surface area (Å²) in [5.41, 5.74) is 0.418. The van der Waals surface area contributed by atoms with Crippen molar-refractivity contribution >= 4 is 28.9 Å². The highest BCUT2D eigenvalue weighted by molar-refractivity contribution is 5.91. The Morgan fingerprint density at radius 1 is 1.10 bits per heavy atom. The largest absolute Gasteiger partial charge is 0.477 e. The van der Waals surface area contributed by atoms with Gasteiger partial charge in [0, 0.05) is 52.0 Å². The summed E-state index contributed by atoms with van der Waals surface area (Å²) in [6.45, 7) is 4.23. The number of nitrogens with zero attached hydrogens (tertiary/aromatic N) is 5. The van der Waals surface area contributed by atoms with Gasteiger partial charge in [-0.15, -0.1) is 0 Å². The molecular weight excluding hydrogens is 386 g/mol. The molecule has 1 amide bonds. The topological polar surface area (TPSA) is 109 Å². The maximum absolute atomic E-state index is 12.6. The van der Waals surface area contributed by atoms with Crippen LogP contribution >= 0.6 is 0 Å². The average Bonchev–Trinajstić information content (AvgIpc) is 2.76. The van der Waals surface area contributed by atoms with E-state index in [2.05, 4.69) is 9.97 Å². The summed E-state index contributed by atoms with van der Waals surface area (Å²) < 4.78 is 1.67. The molecule has 1 aliphatic rings. The summed E-state index contributed by atoms with van der Waals surface area (Å²) >= 11 is 0. The molecule has 1 aliphatic heterocycles. The van der Waals surface area contributed by atoms with Crippen LogP contribution in [0, 0.1) is 0 Å². The van der Waals surface area contributed by atoms with Crippen molar-refractivity contribution in [1.29, 1.82) is 0 Å². The molecule has 1 saturated heterocycles. The van der Waals surface area contributed by atoms with Crippen molar-refractivity contribution in [2.75, 3.05) is 31.1 Å².